The smallest absolute Gasteiger partial charge is 0.175 e. The van der Waals surface area contributed by atoms with Crippen LogP contribution < -0.4 is 0 Å². The van der Waals surface area contributed by atoms with Crippen molar-refractivity contribution in [3.63, 3.8) is 0 Å². The molecular formula is C11H18O2S. The van der Waals surface area contributed by atoms with Crippen molar-refractivity contribution in [2.45, 2.75) is 51.9 Å². The molecule has 0 N–H and O–H groups in total. The Morgan fingerprint density at radius 1 is 1.57 bits per heavy atom. The lowest BCUT2D eigenvalue weighted by Crippen LogP contribution is -2.07. The van der Waals surface area contributed by atoms with Crippen molar-refractivity contribution in [1.82, 2.24) is 0 Å². The van der Waals surface area contributed by atoms with Gasteiger partial charge in [0.2, 0.25) is 0 Å². The third kappa shape index (κ3) is 2.53. The third-order valence-corrected chi connectivity index (χ3v) is 3.52. The van der Waals surface area contributed by atoms with Gasteiger partial charge in [-0.3, -0.25) is 4.79 Å². The molecule has 80 valence electrons. The van der Waals surface area contributed by atoms with Crippen molar-refractivity contribution in [3.8, 4) is 0 Å². The number of rotatable bonds is 4. The summed E-state index contributed by atoms with van der Waals surface area (Å²) in [5.74, 6) is 0.216. The van der Waals surface area contributed by atoms with Gasteiger partial charge < -0.3 is 4.74 Å². The molecule has 0 amide bonds. The molecule has 1 rings (SSSR count). The van der Waals surface area contributed by atoms with Crippen LogP contribution in [0.3, 0.4) is 0 Å². The number of Topliss-reactive ketones (excluding diaryl/α,β-unsaturated/α-hetero) is 1. The predicted molar refractivity (Wildman–Crippen MR) is 60.2 cm³/mol. The lowest BCUT2D eigenvalue weighted by atomic mass is 10.2. The highest BCUT2D eigenvalue weighted by molar-refractivity contribution is 8.04. The molecule has 0 aromatic heterocycles. The van der Waals surface area contributed by atoms with Crippen LogP contribution in [0.2, 0.25) is 0 Å². The molecule has 3 heteroatoms. The Balaban J connectivity index is 2.57. The van der Waals surface area contributed by atoms with Crippen molar-refractivity contribution in [3.05, 3.63) is 10.7 Å². The minimum atomic E-state index is 0.0406. The zero-order valence-corrected chi connectivity index (χ0v) is 10.1. The van der Waals surface area contributed by atoms with E-state index in [4.69, 9.17) is 4.74 Å². The van der Waals surface area contributed by atoms with Gasteiger partial charge in [0.05, 0.1) is 11.4 Å². The number of hydrogen-bond acceptors (Lipinski definition) is 3. The summed E-state index contributed by atoms with van der Waals surface area (Å²) in [7, 11) is 0. The van der Waals surface area contributed by atoms with Crippen molar-refractivity contribution in [2.75, 3.05) is 0 Å². The first-order valence-corrected chi connectivity index (χ1v) is 6.02. The molecular weight excluding hydrogens is 196 g/mol. The third-order valence-electron chi connectivity index (χ3n) is 2.33. The Morgan fingerprint density at radius 3 is 2.64 bits per heavy atom. The highest BCUT2D eigenvalue weighted by atomic mass is 32.2. The van der Waals surface area contributed by atoms with Gasteiger partial charge in [-0.15, -0.1) is 0 Å². The van der Waals surface area contributed by atoms with Gasteiger partial charge in [0.25, 0.3) is 0 Å². The van der Waals surface area contributed by atoms with Crippen molar-refractivity contribution in [2.24, 2.45) is 0 Å². The molecule has 0 spiro atoms. The largest absolute Gasteiger partial charge is 0.484 e. The first kappa shape index (κ1) is 11.6. The van der Waals surface area contributed by atoms with E-state index in [1.807, 2.05) is 13.8 Å². The lowest BCUT2D eigenvalue weighted by Gasteiger charge is -2.14. The fourth-order valence-corrected chi connectivity index (χ4v) is 2.57. The first-order chi connectivity index (χ1) is 6.56. The highest BCUT2D eigenvalue weighted by Crippen LogP contribution is 2.36. The molecule has 0 aliphatic carbocycles. The Hall–Kier alpha value is -0.440. The van der Waals surface area contributed by atoms with E-state index in [1.54, 1.807) is 11.8 Å². The van der Waals surface area contributed by atoms with Gasteiger partial charge in [0.1, 0.15) is 0 Å². The number of allylic oxidation sites excluding steroid dienone is 1. The fourth-order valence-electron chi connectivity index (χ4n) is 1.47. The summed E-state index contributed by atoms with van der Waals surface area (Å²) >= 11 is 1.54. The fraction of sp³-hybridized carbons (Fsp3) is 0.727. The van der Waals surface area contributed by atoms with Crippen molar-refractivity contribution < 1.29 is 9.53 Å². The molecule has 1 aliphatic heterocycles. The second-order valence-corrected chi connectivity index (χ2v) is 5.07. The van der Waals surface area contributed by atoms with E-state index >= 15 is 0 Å². The molecule has 2 nitrogen and oxygen atoms in total. The Kier molecular flexibility index (Phi) is 4.05. The molecule has 0 aromatic rings. The van der Waals surface area contributed by atoms with E-state index in [0.29, 0.717) is 0 Å². The standard InChI is InChI=1S/C11H18O2S/c1-5-6-7(2)13-11-8(3)10(12)9(4)14-11/h7,9H,5-6H2,1-4H3. The summed E-state index contributed by atoms with van der Waals surface area (Å²) < 4.78 is 5.73. The highest BCUT2D eigenvalue weighted by Gasteiger charge is 2.29. The molecule has 0 saturated carbocycles. The number of ketones is 1. The van der Waals surface area contributed by atoms with Crippen molar-refractivity contribution in [1.29, 1.82) is 0 Å². The molecule has 0 bridgehead atoms. The first-order valence-electron chi connectivity index (χ1n) is 5.14. The maximum atomic E-state index is 11.5. The Morgan fingerprint density at radius 2 is 2.21 bits per heavy atom. The van der Waals surface area contributed by atoms with Gasteiger partial charge in [-0.25, -0.2) is 0 Å². The Bertz CT molecular complexity index is 258. The van der Waals surface area contributed by atoms with Crippen molar-refractivity contribution >= 4 is 17.5 Å². The summed E-state index contributed by atoms with van der Waals surface area (Å²) in [5, 5.41) is 0.877. The lowest BCUT2D eigenvalue weighted by molar-refractivity contribution is -0.114. The number of thioether (sulfide) groups is 1. The Labute approximate surface area is 90.1 Å². The predicted octanol–water partition coefficient (Wildman–Crippen LogP) is 3.13. The number of carbonyl (C=O) groups is 1. The van der Waals surface area contributed by atoms with Crippen LogP contribution in [0, 0.1) is 0 Å². The molecule has 1 aliphatic rings. The van der Waals surface area contributed by atoms with E-state index in [2.05, 4.69) is 13.8 Å². The monoisotopic (exact) mass is 214 g/mol. The van der Waals surface area contributed by atoms with Crippen LogP contribution in [0.5, 0.6) is 0 Å². The number of hydrogen-bond donors (Lipinski definition) is 0. The van der Waals surface area contributed by atoms with E-state index < -0.39 is 0 Å². The molecule has 1 heterocycles. The molecule has 0 radical (unpaired) electrons. The van der Waals surface area contributed by atoms with E-state index in [0.717, 1.165) is 23.5 Å². The summed E-state index contributed by atoms with van der Waals surface area (Å²) in [6.45, 7) is 7.97. The average Bonchev–Trinajstić information content (AvgIpc) is 2.34. The second kappa shape index (κ2) is 4.87. The van der Waals surface area contributed by atoms with Crippen LogP contribution in [0.25, 0.3) is 0 Å². The number of ether oxygens (including phenoxy) is 1. The summed E-state index contributed by atoms with van der Waals surface area (Å²) in [5.41, 5.74) is 0.797. The van der Waals surface area contributed by atoms with Gasteiger partial charge in [-0.2, -0.15) is 0 Å². The SMILES string of the molecule is CCCC(C)OC1=C(C)C(=O)C(C)S1. The van der Waals surface area contributed by atoms with Gasteiger partial charge in [0.15, 0.2) is 10.9 Å². The molecule has 0 aromatic carbocycles. The van der Waals surface area contributed by atoms with Crippen LogP contribution in [-0.4, -0.2) is 17.1 Å². The second-order valence-electron chi connectivity index (χ2n) is 3.75. The minimum Gasteiger partial charge on any atom is -0.484 e. The van der Waals surface area contributed by atoms with Crippen LogP contribution in [0.1, 0.15) is 40.5 Å². The summed E-state index contributed by atoms with van der Waals surface area (Å²) in [6, 6.07) is 0. The zero-order chi connectivity index (χ0) is 10.7. The zero-order valence-electron chi connectivity index (χ0n) is 9.29. The van der Waals surface area contributed by atoms with Gasteiger partial charge >= 0.3 is 0 Å². The van der Waals surface area contributed by atoms with Crippen LogP contribution in [-0.2, 0) is 9.53 Å². The molecule has 2 atom stereocenters. The minimum absolute atomic E-state index is 0.0406. The van der Waals surface area contributed by atoms with Crippen LogP contribution in [0.15, 0.2) is 10.7 Å². The molecule has 14 heavy (non-hydrogen) atoms. The normalized spacial score (nSPS) is 24.3. The van der Waals surface area contributed by atoms with Crippen LogP contribution in [0.4, 0.5) is 0 Å². The average molecular weight is 214 g/mol. The van der Waals surface area contributed by atoms with Crippen LogP contribution >= 0.6 is 11.8 Å². The van der Waals surface area contributed by atoms with E-state index in [1.165, 1.54) is 0 Å². The van der Waals surface area contributed by atoms with E-state index in [9.17, 15) is 4.79 Å². The maximum absolute atomic E-state index is 11.5. The number of carbonyl (C=O) groups excluding carboxylic acids is 1. The van der Waals surface area contributed by atoms with Gasteiger partial charge in [0, 0.05) is 5.57 Å². The summed E-state index contributed by atoms with van der Waals surface area (Å²) in [4.78, 5) is 11.5. The molecule has 0 fully saturated rings. The quantitative estimate of drug-likeness (QED) is 0.719. The maximum Gasteiger partial charge on any atom is 0.175 e. The molecule has 2 unspecified atom stereocenters. The molecule has 0 saturated heterocycles. The van der Waals surface area contributed by atoms with Gasteiger partial charge in [-0.05, 0) is 27.2 Å². The van der Waals surface area contributed by atoms with E-state index in [-0.39, 0.29) is 17.1 Å². The van der Waals surface area contributed by atoms with Gasteiger partial charge in [-0.1, -0.05) is 25.1 Å². The topological polar surface area (TPSA) is 26.3 Å². The summed E-state index contributed by atoms with van der Waals surface area (Å²) in [6.07, 6.45) is 2.37.